The van der Waals surface area contributed by atoms with E-state index >= 15 is 0 Å². The van der Waals surface area contributed by atoms with Crippen LogP contribution in [0.2, 0.25) is 0 Å². The summed E-state index contributed by atoms with van der Waals surface area (Å²) >= 11 is 0. The third kappa shape index (κ3) is 1.82. The van der Waals surface area contributed by atoms with E-state index in [2.05, 4.69) is 32.0 Å². The molecule has 2 N–H and O–H groups in total. The summed E-state index contributed by atoms with van der Waals surface area (Å²) in [6.45, 7) is 4.41. The molecule has 1 aromatic carbocycles. The minimum Gasteiger partial charge on any atom is -0.496 e. The quantitative estimate of drug-likeness (QED) is 0.847. The summed E-state index contributed by atoms with van der Waals surface area (Å²) in [6.07, 6.45) is 3.38. The normalized spacial score (nSPS) is 18.3. The second kappa shape index (κ2) is 4.10. The maximum Gasteiger partial charge on any atom is 0.123 e. The molecule has 0 spiro atoms. The van der Waals surface area contributed by atoms with Crippen LogP contribution < -0.4 is 10.5 Å². The van der Waals surface area contributed by atoms with E-state index in [9.17, 15) is 0 Å². The molecule has 0 atom stereocenters. The first-order valence-corrected chi connectivity index (χ1v) is 6.04. The highest BCUT2D eigenvalue weighted by Crippen LogP contribution is 2.43. The molecule has 1 saturated carbocycles. The molecule has 2 nitrogen and oxygen atoms in total. The Morgan fingerprint density at radius 2 is 2.00 bits per heavy atom. The standard InChI is InChI=1S/C14H21NO/c1-10(2)11-5-6-13(16-3)12(9-11)14(15)7-4-8-14/h5-6,9-10H,4,7-8,15H2,1-3H3. The summed E-state index contributed by atoms with van der Waals surface area (Å²) in [5.74, 6) is 1.47. The first-order chi connectivity index (χ1) is 7.57. The maximum absolute atomic E-state index is 6.39. The molecule has 0 radical (unpaired) electrons. The highest BCUT2D eigenvalue weighted by molar-refractivity contribution is 5.44. The van der Waals surface area contributed by atoms with E-state index in [0.717, 1.165) is 18.6 Å². The van der Waals surface area contributed by atoms with Gasteiger partial charge in [0.25, 0.3) is 0 Å². The van der Waals surface area contributed by atoms with E-state index < -0.39 is 0 Å². The largest absolute Gasteiger partial charge is 0.496 e. The van der Waals surface area contributed by atoms with E-state index in [4.69, 9.17) is 10.5 Å². The molecular weight excluding hydrogens is 198 g/mol. The van der Waals surface area contributed by atoms with E-state index in [0.29, 0.717) is 5.92 Å². The lowest BCUT2D eigenvalue weighted by atomic mass is 9.72. The topological polar surface area (TPSA) is 35.2 Å². The molecule has 1 aliphatic carbocycles. The number of hydrogen-bond donors (Lipinski definition) is 1. The Morgan fingerprint density at radius 3 is 2.44 bits per heavy atom. The third-order valence-corrected chi connectivity index (χ3v) is 3.67. The van der Waals surface area contributed by atoms with Crippen LogP contribution in [0.4, 0.5) is 0 Å². The molecule has 1 aliphatic rings. The van der Waals surface area contributed by atoms with Crippen molar-refractivity contribution < 1.29 is 4.74 Å². The van der Waals surface area contributed by atoms with Gasteiger partial charge in [-0.3, -0.25) is 0 Å². The molecular formula is C14H21NO. The lowest BCUT2D eigenvalue weighted by molar-refractivity contribution is 0.243. The van der Waals surface area contributed by atoms with Crippen molar-refractivity contribution in [1.29, 1.82) is 0 Å². The van der Waals surface area contributed by atoms with Gasteiger partial charge in [-0.25, -0.2) is 0 Å². The summed E-state index contributed by atoms with van der Waals surface area (Å²) < 4.78 is 5.42. The first kappa shape index (κ1) is 11.5. The number of rotatable bonds is 3. The lowest BCUT2D eigenvalue weighted by Crippen LogP contribution is -2.43. The smallest absolute Gasteiger partial charge is 0.123 e. The number of methoxy groups -OCH3 is 1. The van der Waals surface area contributed by atoms with Gasteiger partial charge < -0.3 is 10.5 Å². The molecule has 0 aromatic heterocycles. The number of benzene rings is 1. The second-order valence-corrected chi connectivity index (χ2v) is 5.12. The zero-order chi connectivity index (χ0) is 11.8. The molecule has 2 heteroatoms. The predicted molar refractivity (Wildman–Crippen MR) is 66.8 cm³/mol. The summed E-state index contributed by atoms with van der Waals surface area (Å²) in [7, 11) is 1.72. The van der Waals surface area contributed by atoms with Crippen LogP contribution in [0.1, 0.15) is 50.2 Å². The SMILES string of the molecule is COc1ccc(C(C)C)cc1C1(N)CCC1. The van der Waals surface area contributed by atoms with Gasteiger partial charge in [0.05, 0.1) is 7.11 Å². The third-order valence-electron chi connectivity index (χ3n) is 3.67. The van der Waals surface area contributed by atoms with E-state index in [1.807, 2.05) is 0 Å². The Balaban J connectivity index is 2.43. The summed E-state index contributed by atoms with van der Waals surface area (Å²) in [6, 6.07) is 6.41. The molecule has 0 saturated heterocycles. The van der Waals surface area contributed by atoms with Gasteiger partial charge in [-0.15, -0.1) is 0 Å². The zero-order valence-electron chi connectivity index (χ0n) is 10.4. The second-order valence-electron chi connectivity index (χ2n) is 5.12. The van der Waals surface area contributed by atoms with E-state index in [1.165, 1.54) is 17.5 Å². The van der Waals surface area contributed by atoms with Gasteiger partial charge in [0.1, 0.15) is 5.75 Å². The van der Waals surface area contributed by atoms with Gasteiger partial charge in [-0.1, -0.05) is 19.9 Å². The summed E-state index contributed by atoms with van der Waals surface area (Å²) in [5, 5.41) is 0. The summed E-state index contributed by atoms with van der Waals surface area (Å²) in [4.78, 5) is 0. The van der Waals surface area contributed by atoms with Crippen molar-refractivity contribution in [3.05, 3.63) is 29.3 Å². The molecule has 0 aliphatic heterocycles. The Kier molecular flexibility index (Phi) is 2.94. The van der Waals surface area contributed by atoms with Crippen LogP contribution in [0.5, 0.6) is 5.75 Å². The molecule has 0 unspecified atom stereocenters. The Morgan fingerprint density at radius 1 is 1.31 bits per heavy atom. The molecule has 0 amide bonds. The molecule has 88 valence electrons. The van der Waals surface area contributed by atoms with Crippen molar-refractivity contribution in [2.45, 2.75) is 44.6 Å². The van der Waals surface area contributed by atoms with Crippen LogP contribution in [0.3, 0.4) is 0 Å². The van der Waals surface area contributed by atoms with Crippen molar-refractivity contribution >= 4 is 0 Å². The fourth-order valence-electron chi connectivity index (χ4n) is 2.30. The van der Waals surface area contributed by atoms with Crippen LogP contribution in [-0.2, 0) is 5.54 Å². The van der Waals surface area contributed by atoms with Gasteiger partial charge in [0.2, 0.25) is 0 Å². The van der Waals surface area contributed by atoms with Crippen LogP contribution in [0, 0.1) is 0 Å². The lowest BCUT2D eigenvalue weighted by Gasteiger charge is -2.39. The van der Waals surface area contributed by atoms with Crippen LogP contribution in [0.25, 0.3) is 0 Å². The number of hydrogen-bond acceptors (Lipinski definition) is 2. The van der Waals surface area contributed by atoms with E-state index in [-0.39, 0.29) is 5.54 Å². The van der Waals surface area contributed by atoms with Crippen molar-refractivity contribution in [3.8, 4) is 5.75 Å². The first-order valence-electron chi connectivity index (χ1n) is 6.04. The molecule has 1 fully saturated rings. The fraction of sp³-hybridized carbons (Fsp3) is 0.571. The minimum atomic E-state index is -0.143. The van der Waals surface area contributed by atoms with Gasteiger partial charge in [-0.2, -0.15) is 0 Å². The van der Waals surface area contributed by atoms with Gasteiger partial charge in [0, 0.05) is 11.1 Å². The highest BCUT2D eigenvalue weighted by Gasteiger charge is 2.36. The molecule has 0 bridgehead atoms. The number of ether oxygens (including phenoxy) is 1. The predicted octanol–water partition coefficient (Wildman–Crippen LogP) is 3.16. The fourth-order valence-corrected chi connectivity index (χ4v) is 2.30. The Labute approximate surface area is 97.8 Å². The maximum atomic E-state index is 6.39. The van der Waals surface area contributed by atoms with Crippen LogP contribution in [-0.4, -0.2) is 7.11 Å². The van der Waals surface area contributed by atoms with Crippen molar-refractivity contribution in [2.75, 3.05) is 7.11 Å². The average molecular weight is 219 g/mol. The monoisotopic (exact) mass is 219 g/mol. The number of nitrogens with two attached hydrogens (primary N) is 1. The molecule has 1 aromatic rings. The van der Waals surface area contributed by atoms with Gasteiger partial charge >= 0.3 is 0 Å². The molecule has 0 heterocycles. The van der Waals surface area contributed by atoms with Crippen molar-refractivity contribution in [1.82, 2.24) is 0 Å². The van der Waals surface area contributed by atoms with Crippen molar-refractivity contribution in [3.63, 3.8) is 0 Å². The van der Waals surface area contributed by atoms with Crippen LogP contribution in [0.15, 0.2) is 18.2 Å². The Bertz CT molecular complexity index is 380. The minimum absolute atomic E-state index is 0.143. The van der Waals surface area contributed by atoms with E-state index in [1.54, 1.807) is 7.11 Å². The highest BCUT2D eigenvalue weighted by atomic mass is 16.5. The van der Waals surface area contributed by atoms with Crippen LogP contribution >= 0.6 is 0 Å². The average Bonchev–Trinajstić information content (AvgIpc) is 2.25. The van der Waals surface area contributed by atoms with Crippen molar-refractivity contribution in [2.24, 2.45) is 5.73 Å². The summed E-state index contributed by atoms with van der Waals surface area (Å²) in [5.41, 5.74) is 8.77. The van der Waals surface area contributed by atoms with Gasteiger partial charge in [0.15, 0.2) is 0 Å². The van der Waals surface area contributed by atoms with Gasteiger partial charge in [-0.05, 0) is 42.9 Å². The molecule has 16 heavy (non-hydrogen) atoms. The Hall–Kier alpha value is -1.02. The molecule has 2 rings (SSSR count). The zero-order valence-corrected chi connectivity index (χ0v) is 10.4.